The molecule has 0 unspecified atom stereocenters. The molecule has 0 spiro atoms. The van der Waals surface area contributed by atoms with Crippen LogP contribution in [0.1, 0.15) is 27.8 Å². The molecule has 0 bridgehead atoms. The van der Waals surface area contributed by atoms with E-state index >= 15 is 0 Å². The highest BCUT2D eigenvalue weighted by Crippen LogP contribution is 2.22. The normalized spacial score (nSPS) is 10.2. The molecule has 0 radical (unpaired) electrons. The van der Waals surface area contributed by atoms with E-state index in [0.29, 0.717) is 21.8 Å². The van der Waals surface area contributed by atoms with E-state index in [0.717, 1.165) is 28.5 Å². The Balaban J connectivity index is 1.91. The lowest BCUT2D eigenvalue weighted by Crippen LogP contribution is -2.22. The molecule has 2 rings (SSSR count). The van der Waals surface area contributed by atoms with Crippen molar-refractivity contribution in [1.29, 1.82) is 5.26 Å². The summed E-state index contributed by atoms with van der Waals surface area (Å²) in [5.74, 6) is -1.19. The van der Waals surface area contributed by atoms with Crippen LogP contribution < -0.4 is 10.9 Å². The average molecular weight is 399 g/mol. The Morgan fingerprint density at radius 2 is 1.79 bits per heavy atom. The fourth-order valence-corrected chi connectivity index (χ4v) is 3.65. The zero-order valence-corrected chi connectivity index (χ0v) is 17.0. The number of pyridine rings is 1. The number of anilines is 1. The molecular formula is C20H21N3O4S. The molecule has 146 valence electrons. The number of nitrogens with zero attached hydrogens (tertiary/aromatic N) is 1. The highest BCUT2D eigenvalue weighted by atomic mass is 32.2. The molecule has 7 nitrogen and oxygen atoms in total. The number of rotatable bonds is 6. The highest BCUT2D eigenvalue weighted by molar-refractivity contribution is 7.99. The van der Waals surface area contributed by atoms with Gasteiger partial charge < -0.3 is 15.0 Å². The molecule has 1 aromatic heterocycles. The first-order valence-electron chi connectivity index (χ1n) is 8.51. The lowest BCUT2D eigenvalue weighted by Gasteiger charge is -2.13. The second-order valence-corrected chi connectivity index (χ2v) is 7.39. The summed E-state index contributed by atoms with van der Waals surface area (Å²) in [5, 5.41) is 12.2. The van der Waals surface area contributed by atoms with E-state index in [1.165, 1.54) is 6.07 Å². The van der Waals surface area contributed by atoms with Crippen molar-refractivity contribution in [3.63, 3.8) is 0 Å². The summed E-state index contributed by atoms with van der Waals surface area (Å²) in [6, 6.07) is 7.24. The van der Waals surface area contributed by atoms with Crippen LogP contribution in [-0.2, 0) is 14.3 Å². The standard InChI is InChI=1S/C20H21N3O4S/c1-11-5-13(3)19(14(4)6-11)22-17(25)9-27-18(26)10-28-20-15(8-21)12(2)7-16(24)23-20/h5-7H,9-10H2,1-4H3,(H,22,25)(H,23,24). The van der Waals surface area contributed by atoms with Crippen LogP contribution in [0, 0.1) is 39.0 Å². The molecule has 0 saturated carbocycles. The molecule has 0 saturated heterocycles. The molecule has 1 aromatic carbocycles. The van der Waals surface area contributed by atoms with E-state index in [2.05, 4.69) is 10.3 Å². The first-order chi connectivity index (χ1) is 13.2. The number of amides is 1. The third kappa shape index (κ3) is 5.47. The van der Waals surface area contributed by atoms with Crippen molar-refractivity contribution in [1.82, 2.24) is 4.98 Å². The van der Waals surface area contributed by atoms with Gasteiger partial charge in [-0.15, -0.1) is 0 Å². The Morgan fingerprint density at radius 1 is 1.14 bits per heavy atom. The minimum atomic E-state index is -0.622. The van der Waals surface area contributed by atoms with Gasteiger partial charge in [-0.2, -0.15) is 5.26 Å². The van der Waals surface area contributed by atoms with Gasteiger partial charge >= 0.3 is 5.97 Å². The summed E-state index contributed by atoms with van der Waals surface area (Å²) in [7, 11) is 0. The zero-order chi connectivity index (χ0) is 20.8. The number of aromatic nitrogens is 1. The minimum absolute atomic E-state index is 0.135. The Hall–Kier alpha value is -3.05. The van der Waals surface area contributed by atoms with Crippen molar-refractivity contribution in [2.24, 2.45) is 0 Å². The lowest BCUT2D eigenvalue weighted by atomic mass is 10.1. The van der Waals surface area contributed by atoms with Crippen molar-refractivity contribution < 1.29 is 14.3 Å². The van der Waals surface area contributed by atoms with E-state index < -0.39 is 18.5 Å². The third-order valence-electron chi connectivity index (χ3n) is 3.96. The molecule has 1 heterocycles. The molecular weight excluding hydrogens is 378 g/mol. The number of carbonyl (C=O) groups excluding carboxylic acids is 2. The number of H-pyrrole nitrogens is 1. The number of aromatic amines is 1. The van der Waals surface area contributed by atoms with Gasteiger partial charge in [-0.25, -0.2) is 0 Å². The van der Waals surface area contributed by atoms with Gasteiger partial charge in [0.25, 0.3) is 5.91 Å². The monoisotopic (exact) mass is 399 g/mol. The van der Waals surface area contributed by atoms with E-state index in [9.17, 15) is 19.6 Å². The Bertz CT molecular complexity index is 998. The topological polar surface area (TPSA) is 112 Å². The quantitative estimate of drug-likeness (QED) is 0.571. The summed E-state index contributed by atoms with van der Waals surface area (Å²) >= 11 is 0.986. The molecule has 0 aliphatic carbocycles. The van der Waals surface area contributed by atoms with Gasteiger partial charge in [-0.05, 0) is 44.4 Å². The maximum Gasteiger partial charge on any atom is 0.316 e. The van der Waals surface area contributed by atoms with Crippen molar-refractivity contribution >= 4 is 29.3 Å². The lowest BCUT2D eigenvalue weighted by molar-refractivity contribution is -0.144. The summed E-state index contributed by atoms with van der Waals surface area (Å²) in [4.78, 5) is 38.1. The van der Waals surface area contributed by atoms with Crippen LogP contribution >= 0.6 is 11.8 Å². The molecule has 28 heavy (non-hydrogen) atoms. The number of hydrogen-bond donors (Lipinski definition) is 2. The minimum Gasteiger partial charge on any atom is -0.455 e. The third-order valence-corrected chi connectivity index (χ3v) is 4.93. The molecule has 0 aliphatic rings. The Morgan fingerprint density at radius 3 is 2.39 bits per heavy atom. The first-order valence-corrected chi connectivity index (χ1v) is 9.50. The zero-order valence-electron chi connectivity index (χ0n) is 16.1. The van der Waals surface area contributed by atoms with Crippen molar-refractivity contribution in [2.75, 3.05) is 17.7 Å². The van der Waals surface area contributed by atoms with Crippen LogP contribution in [0.2, 0.25) is 0 Å². The van der Waals surface area contributed by atoms with Crippen LogP contribution in [0.4, 0.5) is 5.69 Å². The predicted octanol–water partition coefficient (Wildman–Crippen LogP) is 2.75. The number of nitriles is 1. The molecule has 1 amide bonds. The van der Waals surface area contributed by atoms with Crippen LogP contribution in [0.15, 0.2) is 28.0 Å². The van der Waals surface area contributed by atoms with Gasteiger partial charge in [-0.1, -0.05) is 29.5 Å². The fourth-order valence-electron chi connectivity index (χ4n) is 2.78. The maximum atomic E-state index is 12.1. The largest absolute Gasteiger partial charge is 0.455 e. The fraction of sp³-hybridized carbons (Fsp3) is 0.300. The molecule has 0 aliphatic heterocycles. The molecule has 0 fully saturated rings. The highest BCUT2D eigenvalue weighted by Gasteiger charge is 2.14. The van der Waals surface area contributed by atoms with Crippen LogP contribution in [0.3, 0.4) is 0 Å². The molecule has 8 heteroatoms. The first kappa shape index (κ1) is 21.3. The van der Waals surface area contributed by atoms with Gasteiger partial charge in [0.1, 0.15) is 6.07 Å². The number of esters is 1. The van der Waals surface area contributed by atoms with Gasteiger partial charge in [0.2, 0.25) is 5.56 Å². The Labute approximate surface area is 167 Å². The second kappa shape index (κ2) is 9.24. The number of carbonyl (C=O) groups is 2. The number of nitrogens with one attached hydrogen (secondary N) is 2. The van der Waals surface area contributed by atoms with E-state index in [1.54, 1.807) is 6.92 Å². The Kier molecular flexibility index (Phi) is 7.01. The smallest absolute Gasteiger partial charge is 0.316 e. The van der Waals surface area contributed by atoms with Gasteiger partial charge in [0.15, 0.2) is 6.61 Å². The SMILES string of the molecule is Cc1cc(C)c(NC(=O)COC(=O)CSc2[nH]c(=O)cc(C)c2C#N)c(C)c1. The van der Waals surface area contributed by atoms with E-state index in [-0.39, 0.29) is 11.3 Å². The summed E-state index contributed by atoms with van der Waals surface area (Å²) in [5.41, 5.74) is 4.15. The van der Waals surface area contributed by atoms with Crippen LogP contribution in [0.25, 0.3) is 0 Å². The second-order valence-electron chi connectivity index (χ2n) is 6.40. The van der Waals surface area contributed by atoms with Crippen molar-refractivity contribution in [3.05, 3.63) is 56.4 Å². The number of hydrogen-bond acceptors (Lipinski definition) is 6. The molecule has 0 atom stereocenters. The van der Waals surface area contributed by atoms with Crippen molar-refractivity contribution in [2.45, 2.75) is 32.7 Å². The molecule has 2 aromatic rings. The van der Waals surface area contributed by atoms with Crippen molar-refractivity contribution in [3.8, 4) is 6.07 Å². The van der Waals surface area contributed by atoms with E-state index in [1.807, 2.05) is 39.0 Å². The van der Waals surface area contributed by atoms with Gasteiger partial charge in [-0.3, -0.25) is 14.4 Å². The van der Waals surface area contributed by atoms with Crippen LogP contribution in [-0.4, -0.2) is 29.2 Å². The summed E-state index contributed by atoms with van der Waals surface area (Å²) < 4.78 is 4.99. The number of benzene rings is 1. The molecule has 2 N–H and O–H groups in total. The van der Waals surface area contributed by atoms with Gasteiger partial charge in [0, 0.05) is 11.8 Å². The summed E-state index contributed by atoms with van der Waals surface area (Å²) in [6.07, 6.45) is 0. The number of aryl methyl sites for hydroxylation is 4. The van der Waals surface area contributed by atoms with Crippen LogP contribution in [0.5, 0.6) is 0 Å². The predicted molar refractivity (Wildman–Crippen MR) is 107 cm³/mol. The number of ether oxygens (including phenoxy) is 1. The van der Waals surface area contributed by atoms with Gasteiger partial charge in [0.05, 0.1) is 16.3 Å². The maximum absolute atomic E-state index is 12.1. The van der Waals surface area contributed by atoms with E-state index in [4.69, 9.17) is 4.74 Å². The number of thioether (sulfide) groups is 1. The average Bonchev–Trinajstić information content (AvgIpc) is 2.60. The summed E-state index contributed by atoms with van der Waals surface area (Å²) in [6.45, 7) is 7.00.